The lowest BCUT2D eigenvalue weighted by atomic mass is 10.0. The number of hydrogen-bond acceptors (Lipinski definition) is 7. The molecule has 0 saturated carbocycles. The van der Waals surface area contributed by atoms with Crippen LogP contribution in [-0.2, 0) is 27.8 Å². The van der Waals surface area contributed by atoms with Gasteiger partial charge in [0.15, 0.2) is 0 Å². The SMILES string of the molecule is CCCCN(CCCC)S(=O)(=O)c1ccc(C(=O)Nc2sc3c(c2C(=O)NNC(C)=O)CCN(C)C3)cc1. The maximum absolute atomic E-state index is 13.2. The van der Waals surface area contributed by atoms with Crippen LogP contribution in [0.2, 0.25) is 0 Å². The highest BCUT2D eigenvalue weighted by atomic mass is 32.2. The molecule has 0 bridgehead atoms. The molecular weight excluding hydrogens is 526 g/mol. The van der Waals surface area contributed by atoms with E-state index in [1.807, 2.05) is 20.9 Å². The largest absolute Gasteiger partial charge is 0.313 e. The van der Waals surface area contributed by atoms with E-state index in [0.717, 1.165) is 42.7 Å². The zero-order valence-corrected chi connectivity index (χ0v) is 24.1. The van der Waals surface area contributed by atoms with Crippen LogP contribution in [0.1, 0.15) is 77.6 Å². The number of carbonyl (C=O) groups is 3. The molecule has 0 saturated heterocycles. The molecule has 2 aromatic rings. The number of likely N-dealkylation sites (N-methyl/N-ethyl adjacent to an activating group) is 1. The Bertz CT molecular complexity index is 1250. The maximum Gasteiger partial charge on any atom is 0.272 e. The average molecular weight is 564 g/mol. The first-order chi connectivity index (χ1) is 18.1. The predicted octanol–water partition coefficient (Wildman–Crippen LogP) is 3.36. The highest BCUT2D eigenvalue weighted by molar-refractivity contribution is 7.89. The molecule has 0 unspecified atom stereocenters. The number of anilines is 1. The lowest BCUT2D eigenvalue weighted by molar-refractivity contribution is -0.119. The van der Waals surface area contributed by atoms with Gasteiger partial charge < -0.3 is 10.2 Å². The Hall–Kier alpha value is -2.80. The Kier molecular flexibility index (Phi) is 10.4. The number of fused-ring (bicyclic) bond motifs is 1. The van der Waals surface area contributed by atoms with Crippen LogP contribution in [0.25, 0.3) is 0 Å². The van der Waals surface area contributed by atoms with Gasteiger partial charge in [-0.3, -0.25) is 25.2 Å². The van der Waals surface area contributed by atoms with Crippen LogP contribution in [0.15, 0.2) is 29.2 Å². The Balaban J connectivity index is 1.83. The number of thiophene rings is 1. The number of sulfonamides is 1. The molecule has 2 heterocycles. The van der Waals surface area contributed by atoms with Crippen LogP contribution < -0.4 is 16.2 Å². The molecule has 0 radical (unpaired) electrons. The fraction of sp³-hybridized carbons (Fsp3) is 0.500. The second-order valence-corrected chi connectivity index (χ2v) is 12.5. The van der Waals surface area contributed by atoms with E-state index < -0.39 is 27.7 Å². The highest BCUT2D eigenvalue weighted by Gasteiger charge is 2.29. The highest BCUT2D eigenvalue weighted by Crippen LogP contribution is 2.37. The molecule has 1 aliphatic rings. The van der Waals surface area contributed by atoms with E-state index in [0.29, 0.717) is 36.6 Å². The van der Waals surface area contributed by atoms with Crippen molar-refractivity contribution in [3.8, 4) is 0 Å². The van der Waals surface area contributed by atoms with E-state index in [1.165, 1.54) is 46.8 Å². The van der Waals surface area contributed by atoms with Gasteiger partial charge in [-0.2, -0.15) is 4.31 Å². The topological polar surface area (TPSA) is 128 Å². The average Bonchev–Trinajstić information content (AvgIpc) is 3.23. The molecular formula is C26H37N5O5S2. The molecule has 3 N–H and O–H groups in total. The van der Waals surface area contributed by atoms with Crippen LogP contribution in [0.4, 0.5) is 5.00 Å². The summed E-state index contributed by atoms with van der Waals surface area (Å²) in [6.07, 6.45) is 3.99. The Morgan fingerprint density at radius 3 is 2.21 bits per heavy atom. The van der Waals surface area contributed by atoms with Crippen LogP contribution in [-0.4, -0.2) is 62.0 Å². The fourth-order valence-electron chi connectivity index (χ4n) is 4.19. The van der Waals surface area contributed by atoms with Crippen molar-refractivity contribution in [2.75, 3.05) is 32.0 Å². The number of amides is 3. The molecule has 1 aliphatic heterocycles. The van der Waals surface area contributed by atoms with E-state index in [1.54, 1.807) is 0 Å². The minimum Gasteiger partial charge on any atom is -0.313 e. The predicted molar refractivity (Wildman–Crippen MR) is 149 cm³/mol. The lowest BCUT2D eigenvalue weighted by Crippen LogP contribution is -2.41. The van der Waals surface area contributed by atoms with Crippen molar-refractivity contribution in [2.45, 2.75) is 64.3 Å². The van der Waals surface area contributed by atoms with Gasteiger partial charge in [-0.25, -0.2) is 8.42 Å². The van der Waals surface area contributed by atoms with Crippen molar-refractivity contribution in [1.29, 1.82) is 0 Å². The molecule has 0 spiro atoms. The van der Waals surface area contributed by atoms with E-state index in [4.69, 9.17) is 0 Å². The number of benzene rings is 1. The number of hydrazine groups is 1. The van der Waals surface area contributed by atoms with Crippen molar-refractivity contribution in [3.63, 3.8) is 0 Å². The summed E-state index contributed by atoms with van der Waals surface area (Å²) in [7, 11) is -1.69. The van der Waals surface area contributed by atoms with Gasteiger partial charge in [0.25, 0.3) is 11.8 Å². The summed E-state index contributed by atoms with van der Waals surface area (Å²) in [6.45, 7) is 7.67. The first kappa shape index (κ1) is 29.8. The normalized spacial score (nSPS) is 13.7. The van der Waals surface area contributed by atoms with Gasteiger partial charge in [0.05, 0.1) is 10.5 Å². The smallest absolute Gasteiger partial charge is 0.272 e. The molecule has 208 valence electrons. The van der Waals surface area contributed by atoms with Crippen molar-refractivity contribution in [2.24, 2.45) is 0 Å². The number of unbranched alkanes of at least 4 members (excludes halogenated alkanes) is 2. The van der Waals surface area contributed by atoms with E-state index >= 15 is 0 Å². The van der Waals surface area contributed by atoms with Crippen LogP contribution in [0.5, 0.6) is 0 Å². The van der Waals surface area contributed by atoms with E-state index in [2.05, 4.69) is 21.1 Å². The van der Waals surface area contributed by atoms with Crippen LogP contribution >= 0.6 is 11.3 Å². The number of rotatable bonds is 11. The van der Waals surface area contributed by atoms with Gasteiger partial charge in [-0.15, -0.1) is 11.3 Å². The summed E-state index contributed by atoms with van der Waals surface area (Å²) in [5.41, 5.74) is 6.15. The number of hydrogen-bond donors (Lipinski definition) is 3. The van der Waals surface area contributed by atoms with Gasteiger partial charge in [0, 0.05) is 43.5 Å². The third-order valence-corrected chi connectivity index (χ3v) is 9.38. The first-order valence-electron chi connectivity index (χ1n) is 12.9. The summed E-state index contributed by atoms with van der Waals surface area (Å²) in [5.74, 6) is -1.37. The molecule has 12 heteroatoms. The standard InChI is InChI=1S/C26H37N5O5S2/c1-5-7-14-31(15-8-6-2)38(35,36)20-11-9-19(10-12-20)24(33)27-26-23(25(34)29-28-18(3)32)21-13-16-30(4)17-22(21)37-26/h9-12H,5-8,13-17H2,1-4H3,(H,27,33)(H,28,32)(H,29,34). The summed E-state index contributed by atoms with van der Waals surface area (Å²) < 4.78 is 28.0. The number of carbonyl (C=O) groups excluding carboxylic acids is 3. The molecule has 0 atom stereocenters. The fourth-order valence-corrected chi connectivity index (χ4v) is 7.03. The molecule has 10 nitrogen and oxygen atoms in total. The van der Waals surface area contributed by atoms with Gasteiger partial charge in [0.2, 0.25) is 15.9 Å². The molecule has 3 amide bonds. The quantitative estimate of drug-likeness (QED) is 0.360. The maximum atomic E-state index is 13.2. The van der Waals surface area contributed by atoms with Crippen molar-refractivity contribution in [3.05, 3.63) is 45.8 Å². The van der Waals surface area contributed by atoms with Crippen molar-refractivity contribution < 1.29 is 22.8 Å². The Morgan fingerprint density at radius 2 is 1.63 bits per heavy atom. The molecule has 38 heavy (non-hydrogen) atoms. The summed E-state index contributed by atoms with van der Waals surface area (Å²) in [5, 5.41) is 3.22. The zero-order chi connectivity index (χ0) is 27.9. The van der Waals surface area contributed by atoms with Crippen LogP contribution in [0, 0.1) is 0 Å². The lowest BCUT2D eigenvalue weighted by Gasteiger charge is -2.22. The van der Waals surface area contributed by atoms with Gasteiger partial charge >= 0.3 is 0 Å². The Morgan fingerprint density at radius 1 is 1.00 bits per heavy atom. The van der Waals surface area contributed by atoms with E-state index in [-0.39, 0.29) is 10.5 Å². The summed E-state index contributed by atoms with van der Waals surface area (Å²) in [6, 6.07) is 5.87. The second-order valence-electron chi connectivity index (χ2n) is 9.42. The van der Waals surface area contributed by atoms with Gasteiger partial charge in [-0.1, -0.05) is 26.7 Å². The van der Waals surface area contributed by atoms with E-state index in [9.17, 15) is 22.8 Å². The Labute approximate surface area is 228 Å². The second kappa shape index (κ2) is 13.3. The van der Waals surface area contributed by atoms with Gasteiger partial charge in [-0.05, 0) is 56.1 Å². The van der Waals surface area contributed by atoms with Gasteiger partial charge in [0.1, 0.15) is 5.00 Å². The molecule has 1 aromatic carbocycles. The third-order valence-electron chi connectivity index (χ3n) is 6.33. The first-order valence-corrected chi connectivity index (χ1v) is 15.2. The number of nitrogens with one attached hydrogen (secondary N) is 3. The zero-order valence-electron chi connectivity index (χ0n) is 22.4. The third kappa shape index (κ3) is 7.19. The monoisotopic (exact) mass is 563 g/mol. The van der Waals surface area contributed by atoms with Crippen molar-refractivity contribution in [1.82, 2.24) is 20.1 Å². The molecule has 3 rings (SSSR count). The molecule has 0 aliphatic carbocycles. The van der Waals surface area contributed by atoms with Crippen LogP contribution in [0.3, 0.4) is 0 Å². The summed E-state index contributed by atoms with van der Waals surface area (Å²) in [4.78, 5) is 40.6. The minimum absolute atomic E-state index is 0.145. The minimum atomic E-state index is -3.67. The van der Waals surface area contributed by atoms with Crippen molar-refractivity contribution >= 4 is 44.1 Å². The molecule has 1 aromatic heterocycles. The molecule has 0 fully saturated rings. The summed E-state index contributed by atoms with van der Waals surface area (Å²) >= 11 is 1.33. The number of nitrogens with zero attached hydrogens (tertiary/aromatic N) is 2.